The third-order valence-corrected chi connectivity index (χ3v) is 7.30. The van der Waals surface area contributed by atoms with Crippen molar-refractivity contribution in [1.82, 2.24) is 0 Å². The molecular formula is C30H64N+. The summed E-state index contributed by atoms with van der Waals surface area (Å²) < 4.78 is 1.26. The van der Waals surface area contributed by atoms with Crippen molar-refractivity contribution in [3.05, 3.63) is 0 Å². The second kappa shape index (κ2) is 23.1. The van der Waals surface area contributed by atoms with E-state index in [1.807, 2.05) is 0 Å². The Morgan fingerprint density at radius 1 is 0.419 bits per heavy atom. The quantitative estimate of drug-likeness (QED) is 0.0981. The molecule has 0 saturated carbocycles. The summed E-state index contributed by atoms with van der Waals surface area (Å²) in [6.45, 7) is 9.76. The summed E-state index contributed by atoms with van der Waals surface area (Å²) in [5.41, 5.74) is 0. The van der Waals surface area contributed by atoms with Crippen molar-refractivity contribution in [2.75, 3.05) is 27.2 Å². The van der Waals surface area contributed by atoms with E-state index >= 15 is 0 Å². The predicted octanol–water partition coefficient (Wildman–Crippen LogP) is 10.3. The van der Waals surface area contributed by atoms with Crippen molar-refractivity contribution < 1.29 is 4.48 Å². The molecule has 0 amide bonds. The molecule has 0 aliphatic heterocycles. The molecule has 0 aromatic rings. The summed E-state index contributed by atoms with van der Waals surface area (Å²) in [4.78, 5) is 0. The molecule has 0 spiro atoms. The van der Waals surface area contributed by atoms with Crippen LogP contribution >= 0.6 is 0 Å². The van der Waals surface area contributed by atoms with Gasteiger partial charge in [0.05, 0.1) is 27.2 Å². The zero-order valence-electron chi connectivity index (χ0n) is 23.0. The summed E-state index contributed by atoms with van der Waals surface area (Å²) >= 11 is 0. The number of hydrogen-bond acceptors (Lipinski definition) is 0. The fourth-order valence-corrected chi connectivity index (χ4v) is 5.22. The normalized spacial score (nSPS) is 13.1. The minimum Gasteiger partial charge on any atom is -0.328 e. The van der Waals surface area contributed by atoms with Gasteiger partial charge in [0.15, 0.2) is 0 Å². The Balaban J connectivity index is 4.08. The van der Waals surface area contributed by atoms with Crippen LogP contribution in [0.2, 0.25) is 0 Å². The fraction of sp³-hybridized carbons (Fsp3) is 1.00. The molecule has 188 valence electrons. The lowest BCUT2D eigenvalue weighted by atomic mass is 9.93. The van der Waals surface area contributed by atoms with Crippen LogP contribution in [0, 0.1) is 5.92 Å². The maximum absolute atomic E-state index is 2.51. The molecule has 0 heterocycles. The van der Waals surface area contributed by atoms with Gasteiger partial charge in [0, 0.05) is 5.92 Å². The van der Waals surface area contributed by atoms with Gasteiger partial charge in [0.2, 0.25) is 0 Å². The van der Waals surface area contributed by atoms with Crippen LogP contribution in [0.3, 0.4) is 0 Å². The van der Waals surface area contributed by atoms with Crippen LogP contribution in [0.15, 0.2) is 0 Å². The van der Waals surface area contributed by atoms with E-state index in [9.17, 15) is 0 Å². The van der Waals surface area contributed by atoms with Gasteiger partial charge < -0.3 is 4.48 Å². The maximum Gasteiger partial charge on any atom is 0.0811 e. The Kier molecular flexibility index (Phi) is 23.1. The zero-order valence-corrected chi connectivity index (χ0v) is 23.0. The van der Waals surface area contributed by atoms with Crippen molar-refractivity contribution in [3.8, 4) is 0 Å². The van der Waals surface area contributed by atoms with Gasteiger partial charge in [0.25, 0.3) is 0 Å². The van der Waals surface area contributed by atoms with Gasteiger partial charge in [0.1, 0.15) is 0 Å². The van der Waals surface area contributed by atoms with Crippen molar-refractivity contribution in [2.45, 2.75) is 162 Å². The molecule has 0 aliphatic carbocycles. The van der Waals surface area contributed by atoms with Crippen LogP contribution in [0.1, 0.15) is 162 Å². The summed E-state index contributed by atoms with van der Waals surface area (Å²) in [7, 11) is 5.02. The van der Waals surface area contributed by atoms with Gasteiger partial charge in [-0.2, -0.15) is 0 Å². The Bertz CT molecular complexity index is 335. The third kappa shape index (κ3) is 22.9. The average molecular weight is 439 g/mol. The van der Waals surface area contributed by atoms with E-state index in [0.717, 1.165) is 5.92 Å². The third-order valence-electron chi connectivity index (χ3n) is 7.30. The number of quaternary nitrogens is 1. The van der Waals surface area contributed by atoms with Crippen molar-refractivity contribution in [3.63, 3.8) is 0 Å². The first-order chi connectivity index (χ1) is 15.1. The van der Waals surface area contributed by atoms with E-state index in [-0.39, 0.29) is 0 Å². The van der Waals surface area contributed by atoms with Crippen LogP contribution in [0.4, 0.5) is 0 Å². The second-order valence-electron chi connectivity index (χ2n) is 11.3. The van der Waals surface area contributed by atoms with Crippen molar-refractivity contribution in [1.29, 1.82) is 0 Å². The fourth-order valence-electron chi connectivity index (χ4n) is 5.22. The molecular weight excluding hydrogens is 374 g/mol. The first kappa shape index (κ1) is 31.0. The summed E-state index contributed by atoms with van der Waals surface area (Å²) in [5.74, 6) is 0.959. The highest BCUT2D eigenvalue weighted by Gasteiger charge is 2.21. The van der Waals surface area contributed by atoms with Crippen LogP contribution < -0.4 is 0 Å². The Hall–Kier alpha value is -0.0400. The first-order valence-corrected chi connectivity index (χ1v) is 14.9. The first-order valence-electron chi connectivity index (χ1n) is 14.9. The van der Waals surface area contributed by atoms with Crippen molar-refractivity contribution in [2.24, 2.45) is 5.92 Å². The highest BCUT2D eigenvalue weighted by atomic mass is 15.3. The van der Waals surface area contributed by atoms with Crippen LogP contribution in [0.5, 0.6) is 0 Å². The summed E-state index contributed by atoms with van der Waals surface area (Å²) in [6, 6.07) is 0. The van der Waals surface area contributed by atoms with Crippen LogP contribution in [-0.4, -0.2) is 31.7 Å². The van der Waals surface area contributed by atoms with E-state index in [0.29, 0.717) is 0 Å². The minimum absolute atomic E-state index is 0.959. The number of nitrogens with zero attached hydrogens (tertiary/aromatic N) is 1. The topological polar surface area (TPSA) is 0 Å². The van der Waals surface area contributed by atoms with E-state index in [1.165, 1.54) is 159 Å². The lowest BCUT2D eigenvalue weighted by Gasteiger charge is -2.34. The van der Waals surface area contributed by atoms with E-state index < -0.39 is 0 Å². The molecule has 1 unspecified atom stereocenters. The largest absolute Gasteiger partial charge is 0.328 e. The Morgan fingerprint density at radius 2 is 0.742 bits per heavy atom. The van der Waals surface area contributed by atoms with E-state index in [1.54, 1.807) is 0 Å². The second-order valence-corrected chi connectivity index (χ2v) is 11.3. The number of hydrogen-bond donors (Lipinski definition) is 0. The molecule has 0 N–H and O–H groups in total. The lowest BCUT2D eigenvalue weighted by Crippen LogP contribution is -2.44. The van der Waals surface area contributed by atoms with E-state index in [2.05, 4.69) is 34.9 Å². The SMILES string of the molecule is CCCCCCCCCCC(CCCCCC)C[N+](C)(C)CCCCCCCCCC. The molecule has 0 rings (SSSR count). The molecule has 0 aromatic carbocycles. The average Bonchev–Trinajstić information content (AvgIpc) is 2.74. The molecule has 1 nitrogen and oxygen atoms in total. The molecule has 31 heavy (non-hydrogen) atoms. The molecule has 0 fully saturated rings. The molecule has 1 heteroatoms. The van der Waals surface area contributed by atoms with Gasteiger partial charge in [-0.3, -0.25) is 0 Å². The van der Waals surface area contributed by atoms with E-state index in [4.69, 9.17) is 0 Å². The van der Waals surface area contributed by atoms with Crippen LogP contribution in [-0.2, 0) is 0 Å². The number of unbranched alkanes of at least 4 members (excludes halogenated alkanes) is 17. The monoisotopic (exact) mass is 439 g/mol. The minimum atomic E-state index is 0.959. The Morgan fingerprint density at radius 3 is 1.16 bits per heavy atom. The molecule has 0 bridgehead atoms. The molecule has 0 radical (unpaired) electrons. The highest BCUT2D eigenvalue weighted by Crippen LogP contribution is 2.22. The van der Waals surface area contributed by atoms with Crippen molar-refractivity contribution >= 4 is 0 Å². The van der Waals surface area contributed by atoms with Gasteiger partial charge in [-0.25, -0.2) is 0 Å². The van der Waals surface area contributed by atoms with Gasteiger partial charge in [-0.15, -0.1) is 0 Å². The molecule has 1 atom stereocenters. The Labute approximate surface area is 199 Å². The molecule has 0 aromatic heterocycles. The van der Waals surface area contributed by atoms with Gasteiger partial charge in [-0.1, -0.05) is 136 Å². The molecule has 0 aliphatic rings. The zero-order chi connectivity index (χ0) is 23.0. The highest BCUT2D eigenvalue weighted by molar-refractivity contribution is 4.61. The number of rotatable bonds is 25. The van der Waals surface area contributed by atoms with Crippen LogP contribution in [0.25, 0.3) is 0 Å². The van der Waals surface area contributed by atoms with Gasteiger partial charge >= 0.3 is 0 Å². The van der Waals surface area contributed by atoms with Gasteiger partial charge in [-0.05, 0) is 25.7 Å². The summed E-state index contributed by atoms with van der Waals surface area (Å²) in [6.07, 6.45) is 31.8. The lowest BCUT2D eigenvalue weighted by molar-refractivity contribution is -0.894. The summed E-state index contributed by atoms with van der Waals surface area (Å²) in [5, 5.41) is 0. The maximum atomic E-state index is 2.51. The molecule has 0 saturated heterocycles. The predicted molar refractivity (Wildman–Crippen MR) is 144 cm³/mol. The standard InChI is InChI=1S/C30H64N/c1-6-9-12-15-17-19-21-24-27-30(26-23-14-11-8-3)29-31(4,5)28-25-22-20-18-16-13-10-7-2/h30H,6-29H2,1-5H3/q+1. The smallest absolute Gasteiger partial charge is 0.0811 e.